The smallest absolute Gasteiger partial charge is 0.267 e. The molecule has 3 rings (SSSR count). The highest BCUT2D eigenvalue weighted by Gasteiger charge is 2.13. The fraction of sp³-hybridized carbons (Fsp3) is 0.111. The summed E-state index contributed by atoms with van der Waals surface area (Å²) in [4.78, 5) is 24.0. The van der Waals surface area contributed by atoms with E-state index < -0.39 is 5.91 Å². The second kappa shape index (κ2) is 6.45. The molecule has 0 radical (unpaired) electrons. The zero-order chi connectivity index (χ0) is 17.1. The molecule has 0 atom stereocenters. The second-order valence-electron chi connectivity index (χ2n) is 5.51. The molecule has 2 aromatic carbocycles. The maximum absolute atomic E-state index is 12.3. The molecule has 0 aliphatic heterocycles. The van der Waals surface area contributed by atoms with Crippen LogP contribution < -0.4 is 11.0 Å². The SMILES string of the molecule is Cc1ccc(C)c(/C=N\NC(=O)c2n[nH]c(=O)c3ccccc23)c1. The summed E-state index contributed by atoms with van der Waals surface area (Å²) < 4.78 is 0. The van der Waals surface area contributed by atoms with Gasteiger partial charge in [0.25, 0.3) is 11.5 Å². The Hall–Kier alpha value is -3.28. The number of benzene rings is 2. The fourth-order valence-corrected chi connectivity index (χ4v) is 2.40. The topological polar surface area (TPSA) is 87.2 Å². The molecule has 0 bridgehead atoms. The molecular weight excluding hydrogens is 304 g/mol. The van der Waals surface area contributed by atoms with Crippen LogP contribution in [0.2, 0.25) is 0 Å². The number of nitrogens with zero attached hydrogens (tertiary/aromatic N) is 2. The molecule has 0 aliphatic rings. The van der Waals surface area contributed by atoms with Gasteiger partial charge in [-0.2, -0.15) is 10.2 Å². The number of nitrogens with one attached hydrogen (secondary N) is 2. The molecule has 0 saturated carbocycles. The third-order valence-electron chi connectivity index (χ3n) is 3.72. The molecule has 120 valence electrons. The fourth-order valence-electron chi connectivity index (χ4n) is 2.40. The van der Waals surface area contributed by atoms with Gasteiger partial charge in [0.2, 0.25) is 0 Å². The first-order valence-corrected chi connectivity index (χ1v) is 7.44. The molecule has 0 unspecified atom stereocenters. The van der Waals surface area contributed by atoms with Crippen molar-refractivity contribution in [3.63, 3.8) is 0 Å². The number of hydrogen-bond donors (Lipinski definition) is 2. The predicted molar refractivity (Wildman–Crippen MR) is 93.3 cm³/mol. The highest BCUT2D eigenvalue weighted by atomic mass is 16.2. The number of rotatable bonds is 3. The average Bonchev–Trinajstić information content (AvgIpc) is 2.58. The lowest BCUT2D eigenvalue weighted by Crippen LogP contribution is -2.22. The molecule has 0 spiro atoms. The van der Waals surface area contributed by atoms with E-state index in [4.69, 9.17) is 0 Å². The van der Waals surface area contributed by atoms with Gasteiger partial charge in [0.05, 0.1) is 11.6 Å². The Bertz CT molecular complexity index is 1010. The summed E-state index contributed by atoms with van der Waals surface area (Å²) >= 11 is 0. The van der Waals surface area contributed by atoms with Crippen LogP contribution in [0.15, 0.2) is 52.4 Å². The van der Waals surface area contributed by atoms with Crippen molar-refractivity contribution in [2.45, 2.75) is 13.8 Å². The molecular formula is C18H16N4O2. The van der Waals surface area contributed by atoms with Crippen LogP contribution in [0.25, 0.3) is 10.8 Å². The van der Waals surface area contributed by atoms with Gasteiger partial charge in [-0.05, 0) is 31.0 Å². The Morgan fingerprint density at radius 2 is 1.92 bits per heavy atom. The van der Waals surface area contributed by atoms with Crippen molar-refractivity contribution in [1.29, 1.82) is 0 Å². The summed E-state index contributed by atoms with van der Waals surface area (Å²) in [7, 11) is 0. The van der Waals surface area contributed by atoms with Crippen LogP contribution in [0.5, 0.6) is 0 Å². The summed E-state index contributed by atoms with van der Waals surface area (Å²) in [5.74, 6) is -0.482. The van der Waals surface area contributed by atoms with Crippen molar-refractivity contribution in [1.82, 2.24) is 15.6 Å². The molecule has 1 heterocycles. The van der Waals surface area contributed by atoms with E-state index >= 15 is 0 Å². The number of amides is 1. The molecule has 3 aromatic rings. The van der Waals surface area contributed by atoms with Crippen LogP contribution in [0, 0.1) is 13.8 Å². The molecule has 1 aromatic heterocycles. The first-order valence-electron chi connectivity index (χ1n) is 7.44. The van der Waals surface area contributed by atoms with Crippen LogP contribution in [-0.2, 0) is 0 Å². The molecule has 0 fully saturated rings. The van der Waals surface area contributed by atoms with Crippen molar-refractivity contribution in [2.75, 3.05) is 0 Å². The Morgan fingerprint density at radius 1 is 1.17 bits per heavy atom. The minimum atomic E-state index is -0.482. The lowest BCUT2D eigenvalue weighted by molar-refractivity contribution is 0.0951. The number of aryl methyl sites for hydroxylation is 2. The lowest BCUT2D eigenvalue weighted by Gasteiger charge is -2.04. The average molecular weight is 320 g/mol. The van der Waals surface area contributed by atoms with E-state index in [-0.39, 0.29) is 11.3 Å². The van der Waals surface area contributed by atoms with E-state index in [2.05, 4.69) is 20.7 Å². The molecule has 1 amide bonds. The predicted octanol–water partition coefficient (Wildman–Crippen LogP) is 2.30. The standard InChI is InChI=1S/C18H16N4O2/c1-11-7-8-12(2)13(9-11)10-19-21-18(24)16-14-5-3-4-6-15(14)17(23)22-20-16/h3-10H,1-2H3,(H,21,24)(H,22,23)/b19-10-. The lowest BCUT2D eigenvalue weighted by atomic mass is 10.1. The molecule has 0 saturated heterocycles. The number of hydrazone groups is 1. The highest BCUT2D eigenvalue weighted by molar-refractivity contribution is 6.04. The summed E-state index contributed by atoms with van der Waals surface area (Å²) in [6.07, 6.45) is 1.59. The van der Waals surface area contributed by atoms with Gasteiger partial charge >= 0.3 is 0 Å². The number of carbonyl (C=O) groups is 1. The van der Waals surface area contributed by atoms with Gasteiger partial charge in [0.1, 0.15) is 0 Å². The quantitative estimate of drug-likeness (QED) is 0.573. The Labute approximate surface area is 138 Å². The van der Waals surface area contributed by atoms with E-state index in [9.17, 15) is 9.59 Å². The first-order chi connectivity index (χ1) is 11.6. The van der Waals surface area contributed by atoms with Crippen molar-refractivity contribution < 1.29 is 4.79 Å². The van der Waals surface area contributed by atoms with Gasteiger partial charge in [-0.1, -0.05) is 42.0 Å². The van der Waals surface area contributed by atoms with Gasteiger partial charge in [-0.25, -0.2) is 10.5 Å². The van der Waals surface area contributed by atoms with Crippen LogP contribution in [0.3, 0.4) is 0 Å². The molecule has 24 heavy (non-hydrogen) atoms. The monoisotopic (exact) mass is 320 g/mol. The maximum Gasteiger partial charge on any atom is 0.292 e. The highest BCUT2D eigenvalue weighted by Crippen LogP contribution is 2.12. The van der Waals surface area contributed by atoms with Crippen LogP contribution in [0.4, 0.5) is 0 Å². The van der Waals surface area contributed by atoms with Crippen molar-refractivity contribution >= 4 is 22.9 Å². The third-order valence-corrected chi connectivity index (χ3v) is 3.72. The number of hydrogen-bond acceptors (Lipinski definition) is 4. The third kappa shape index (κ3) is 3.08. The van der Waals surface area contributed by atoms with Crippen LogP contribution in [0.1, 0.15) is 27.2 Å². The number of fused-ring (bicyclic) bond motifs is 1. The number of aromatic amines is 1. The number of H-pyrrole nitrogens is 1. The zero-order valence-corrected chi connectivity index (χ0v) is 13.3. The van der Waals surface area contributed by atoms with Gasteiger partial charge in [-0.15, -0.1) is 0 Å². The number of aromatic nitrogens is 2. The van der Waals surface area contributed by atoms with Crippen molar-refractivity contribution in [3.8, 4) is 0 Å². The second-order valence-corrected chi connectivity index (χ2v) is 5.51. The summed E-state index contributed by atoms with van der Waals surface area (Å²) in [6.45, 7) is 3.96. The zero-order valence-electron chi connectivity index (χ0n) is 13.3. The van der Waals surface area contributed by atoms with Gasteiger partial charge in [0.15, 0.2) is 5.69 Å². The van der Waals surface area contributed by atoms with Crippen LogP contribution in [-0.4, -0.2) is 22.3 Å². The Balaban J connectivity index is 1.86. The van der Waals surface area contributed by atoms with Gasteiger partial charge < -0.3 is 0 Å². The Kier molecular flexibility index (Phi) is 4.20. The van der Waals surface area contributed by atoms with Crippen LogP contribution >= 0.6 is 0 Å². The normalized spacial score (nSPS) is 11.1. The summed E-state index contributed by atoms with van der Waals surface area (Å²) in [6, 6.07) is 12.8. The molecule has 2 N–H and O–H groups in total. The molecule has 6 nitrogen and oxygen atoms in total. The van der Waals surface area contributed by atoms with Gasteiger partial charge in [0, 0.05) is 5.39 Å². The maximum atomic E-state index is 12.3. The van der Waals surface area contributed by atoms with Crippen molar-refractivity contribution in [2.24, 2.45) is 5.10 Å². The van der Waals surface area contributed by atoms with E-state index in [1.807, 2.05) is 32.0 Å². The number of carbonyl (C=O) groups excluding carboxylic acids is 1. The van der Waals surface area contributed by atoms with E-state index in [1.165, 1.54) is 0 Å². The minimum absolute atomic E-state index is 0.128. The summed E-state index contributed by atoms with van der Waals surface area (Å²) in [5, 5.41) is 11.1. The van der Waals surface area contributed by atoms with Gasteiger partial charge in [-0.3, -0.25) is 9.59 Å². The Morgan fingerprint density at radius 3 is 2.71 bits per heavy atom. The van der Waals surface area contributed by atoms with E-state index in [1.54, 1.807) is 30.5 Å². The first kappa shape index (κ1) is 15.6. The largest absolute Gasteiger partial charge is 0.292 e. The molecule has 0 aliphatic carbocycles. The van der Waals surface area contributed by atoms with E-state index in [0.29, 0.717) is 10.8 Å². The molecule has 6 heteroatoms. The minimum Gasteiger partial charge on any atom is -0.267 e. The summed E-state index contributed by atoms with van der Waals surface area (Å²) in [5.41, 5.74) is 5.35. The van der Waals surface area contributed by atoms with Crippen molar-refractivity contribution in [3.05, 3.63) is 75.2 Å². The van der Waals surface area contributed by atoms with E-state index in [0.717, 1.165) is 16.7 Å².